The van der Waals surface area contributed by atoms with E-state index >= 15 is 0 Å². The topological polar surface area (TPSA) is 53.7 Å². The van der Waals surface area contributed by atoms with E-state index in [1.54, 1.807) is 42.7 Å². The smallest absolute Gasteiger partial charge is 0.260 e. The first-order valence-electron chi connectivity index (χ1n) is 7.13. The number of nitrogens with zero attached hydrogens (tertiary/aromatic N) is 1. The molecule has 1 N–H and O–H groups in total. The van der Waals surface area contributed by atoms with Gasteiger partial charge in [-0.05, 0) is 54.6 Å². The van der Waals surface area contributed by atoms with E-state index in [-0.39, 0.29) is 23.2 Å². The van der Waals surface area contributed by atoms with Crippen LogP contribution in [0, 0.1) is 0 Å². The van der Waals surface area contributed by atoms with Gasteiger partial charge in [0.2, 0.25) is 0 Å². The Bertz CT molecular complexity index is 845. The van der Waals surface area contributed by atoms with Crippen molar-refractivity contribution < 1.29 is 14.3 Å². The fraction of sp³-hybridized carbons (Fsp3) is 0.0556. The lowest BCUT2D eigenvalue weighted by atomic mass is 10.1. The number of amides is 1. The maximum Gasteiger partial charge on any atom is 0.260 e. The van der Waals surface area contributed by atoms with Gasteiger partial charge in [0.05, 0.1) is 23.4 Å². The second-order valence-corrected chi connectivity index (χ2v) is 5.95. The zero-order valence-electron chi connectivity index (χ0n) is 12.4. The number of carbonyl (C=O) groups excluding carboxylic acids is 1. The second-order valence-electron chi connectivity index (χ2n) is 5.11. The van der Waals surface area contributed by atoms with Crippen LogP contribution in [0.4, 0.5) is 5.69 Å². The first kappa shape index (κ1) is 16.4. The molecule has 122 valence electrons. The predicted octanol–water partition coefficient (Wildman–Crippen LogP) is 5.14. The van der Waals surface area contributed by atoms with Gasteiger partial charge in [0.1, 0.15) is 11.5 Å². The Morgan fingerprint density at radius 3 is 2.46 bits per heavy atom. The van der Waals surface area contributed by atoms with Crippen LogP contribution in [-0.2, 0) is 6.54 Å². The summed E-state index contributed by atoms with van der Waals surface area (Å²) in [5.41, 5.74) is 0.945. The van der Waals surface area contributed by atoms with E-state index in [9.17, 15) is 9.90 Å². The van der Waals surface area contributed by atoms with Crippen LogP contribution in [0.15, 0.2) is 65.3 Å². The van der Waals surface area contributed by atoms with E-state index < -0.39 is 0 Å². The molecule has 3 rings (SSSR count). The monoisotopic (exact) mass is 361 g/mol. The Balaban J connectivity index is 1.99. The molecule has 0 aliphatic carbocycles. The summed E-state index contributed by atoms with van der Waals surface area (Å²) in [6, 6.07) is 14.6. The lowest BCUT2D eigenvalue weighted by Crippen LogP contribution is -2.30. The molecule has 2 aromatic carbocycles. The van der Waals surface area contributed by atoms with Gasteiger partial charge in [-0.25, -0.2) is 0 Å². The Morgan fingerprint density at radius 1 is 1.08 bits per heavy atom. The number of anilines is 1. The average molecular weight is 362 g/mol. The maximum absolute atomic E-state index is 13.0. The van der Waals surface area contributed by atoms with Crippen molar-refractivity contribution in [1.82, 2.24) is 0 Å². The van der Waals surface area contributed by atoms with Crippen molar-refractivity contribution >= 4 is 34.8 Å². The summed E-state index contributed by atoms with van der Waals surface area (Å²) in [6.45, 7) is 0.232. The molecule has 0 radical (unpaired) electrons. The van der Waals surface area contributed by atoms with Crippen molar-refractivity contribution in [1.29, 1.82) is 0 Å². The second kappa shape index (κ2) is 6.99. The summed E-state index contributed by atoms with van der Waals surface area (Å²) in [7, 11) is 0. The molecule has 0 saturated carbocycles. The van der Waals surface area contributed by atoms with Gasteiger partial charge in [-0.2, -0.15) is 0 Å². The van der Waals surface area contributed by atoms with Crippen molar-refractivity contribution in [3.8, 4) is 5.75 Å². The van der Waals surface area contributed by atoms with Gasteiger partial charge < -0.3 is 14.4 Å². The fourth-order valence-corrected chi connectivity index (χ4v) is 2.77. The summed E-state index contributed by atoms with van der Waals surface area (Å²) in [5.74, 6) is 0.453. The van der Waals surface area contributed by atoms with Crippen LogP contribution < -0.4 is 4.90 Å². The number of furan rings is 1. The minimum atomic E-state index is -0.293. The van der Waals surface area contributed by atoms with Crippen LogP contribution in [-0.4, -0.2) is 11.0 Å². The largest absolute Gasteiger partial charge is 0.508 e. The van der Waals surface area contributed by atoms with Crippen LogP contribution in [0.25, 0.3) is 0 Å². The number of phenols is 1. The summed E-state index contributed by atoms with van der Waals surface area (Å²) in [4.78, 5) is 14.5. The van der Waals surface area contributed by atoms with Crippen molar-refractivity contribution in [2.45, 2.75) is 6.54 Å². The highest BCUT2D eigenvalue weighted by atomic mass is 35.5. The number of phenolic OH excluding ortho intramolecular Hbond substituents is 1. The number of carbonyl (C=O) groups is 1. The van der Waals surface area contributed by atoms with Gasteiger partial charge in [-0.1, -0.05) is 23.2 Å². The van der Waals surface area contributed by atoms with Gasteiger partial charge >= 0.3 is 0 Å². The van der Waals surface area contributed by atoms with Crippen molar-refractivity contribution in [3.63, 3.8) is 0 Å². The molecule has 0 unspecified atom stereocenters. The predicted molar refractivity (Wildman–Crippen MR) is 93.8 cm³/mol. The molecule has 0 saturated heterocycles. The molecule has 0 aliphatic rings. The molecule has 0 aliphatic heterocycles. The number of hydrogen-bond donors (Lipinski definition) is 1. The Morgan fingerprint density at radius 2 is 1.83 bits per heavy atom. The highest BCUT2D eigenvalue weighted by molar-refractivity contribution is 6.37. The third-order valence-corrected chi connectivity index (χ3v) is 4.01. The number of hydrogen-bond acceptors (Lipinski definition) is 3. The highest BCUT2D eigenvalue weighted by Crippen LogP contribution is 2.27. The van der Waals surface area contributed by atoms with E-state index in [0.29, 0.717) is 22.0 Å². The minimum absolute atomic E-state index is 0.119. The third kappa shape index (κ3) is 3.55. The standard InChI is InChI=1S/C18H13Cl2NO3/c19-12-3-8-16(17(20)10-12)18(23)21(11-15-2-1-9-24-15)13-4-6-14(22)7-5-13/h1-10,22H,11H2. The first-order chi connectivity index (χ1) is 11.5. The molecule has 0 atom stereocenters. The van der Waals surface area contributed by atoms with Gasteiger partial charge in [0.15, 0.2) is 0 Å². The molecule has 4 nitrogen and oxygen atoms in total. The first-order valence-corrected chi connectivity index (χ1v) is 7.88. The molecule has 0 fully saturated rings. The average Bonchev–Trinajstić information content (AvgIpc) is 3.06. The number of halogens is 2. The van der Waals surface area contributed by atoms with Crippen molar-refractivity contribution in [2.24, 2.45) is 0 Å². The van der Waals surface area contributed by atoms with Crippen LogP contribution in [0.2, 0.25) is 10.0 Å². The summed E-state index contributed by atoms with van der Waals surface area (Å²) in [6.07, 6.45) is 1.55. The lowest BCUT2D eigenvalue weighted by Gasteiger charge is -2.22. The van der Waals surface area contributed by atoms with Crippen molar-refractivity contribution in [3.05, 3.63) is 82.2 Å². The summed E-state index contributed by atoms with van der Waals surface area (Å²) < 4.78 is 5.35. The van der Waals surface area contributed by atoms with Gasteiger partial charge in [-0.15, -0.1) is 0 Å². The SMILES string of the molecule is O=C(c1ccc(Cl)cc1Cl)N(Cc1ccco1)c1ccc(O)cc1. The molecular weight excluding hydrogens is 349 g/mol. The van der Waals surface area contributed by atoms with Crippen LogP contribution in [0.5, 0.6) is 5.75 Å². The highest BCUT2D eigenvalue weighted by Gasteiger charge is 2.21. The minimum Gasteiger partial charge on any atom is -0.508 e. The maximum atomic E-state index is 13.0. The zero-order valence-corrected chi connectivity index (χ0v) is 14.0. The number of benzene rings is 2. The Kier molecular flexibility index (Phi) is 4.79. The van der Waals surface area contributed by atoms with Crippen LogP contribution in [0.1, 0.15) is 16.1 Å². The van der Waals surface area contributed by atoms with Gasteiger partial charge in [0.25, 0.3) is 5.91 Å². The van der Waals surface area contributed by atoms with Crippen LogP contribution in [0.3, 0.4) is 0 Å². The van der Waals surface area contributed by atoms with Crippen molar-refractivity contribution in [2.75, 3.05) is 4.90 Å². The van der Waals surface area contributed by atoms with E-state index in [4.69, 9.17) is 27.6 Å². The molecule has 1 amide bonds. The van der Waals surface area contributed by atoms with Crippen LogP contribution >= 0.6 is 23.2 Å². The van der Waals surface area contributed by atoms with E-state index in [2.05, 4.69) is 0 Å². The van der Waals surface area contributed by atoms with E-state index in [0.717, 1.165) is 0 Å². The Labute approximate surface area is 148 Å². The lowest BCUT2D eigenvalue weighted by molar-refractivity contribution is 0.0983. The number of rotatable bonds is 4. The molecular formula is C18H13Cl2NO3. The van der Waals surface area contributed by atoms with Gasteiger partial charge in [0, 0.05) is 10.7 Å². The van der Waals surface area contributed by atoms with E-state index in [1.807, 2.05) is 0 Å². The third-order valence-electron chi connectivity index (χ3n) is 3.46. The molecule has 24 heavy (non-hydrogen) atoms. The summed E-state index contributed by atoms with van der Waals surface area (Å²) >= 11 is 12.1. The molecule has 1 heterocycles. The molecule has 0 spiro atoms. The summed E-state index contributed by atoms with van der Waals surface area (Å²) in [5, 5.41) is 10.2. The Hall–Kier alpha value is -2.43. The van der Waals surface area contributed by atoms with Gasteiger partial charge in [-0.3, -0.25) is 4.79 Å². The zero-order chi connectivity index (χ0) is 17.1. The number of aromatic hydroxyl groups is 1. The quantitative estimate of drug-likeness (QED) is 0.699. The fourth-order valence-electron chi connectivity index (χ4n) is 2.28. The molecule has 0 bridgehead atoms. The molecule has 1 aromatic heterocycles. The molecule has 3 aromatic rings. The normalized spacial score (nSPS) is 10.6. The molecule has 6 heteroatoms. The van der Waals surface area contributed by atoms with E-state index in [1.165, 1.54) is 23.1 Å².